The molecule has 0 aliphatic carbocycles. The van der Waals surface area contributed by atoms with Crippen molar-refractivity contribution >= 4 is 17.8 Å². The van der Waals surface area contributed by atoms with Gasteiger partial charge in [0.2, 0.25) is 0 Å². The summed E-state index contributed by atoms with van der Waals surface area (Å²) in [6.07, 6.45) is 0. The fourth-order valence-electron chi connectivity index (χ4n) is 3.69. The van der Waals surface area contributed by atoms with Gasteiger partial charge in [0.05, 0.1) is 23.2 Å². The highest BCUT2D eigenvalue weighted by molar-refractivity contribution is 6.21. The minimum Gasteiger partial charge on any atom is -0.460 e. The van der Waals surface area contributed by atoms with Crippen molar-refractivity contribution in [2.24, 2.45) is 0 Å². The maximum Gasteiger partial charge on any atom is 0.340 e. The molecule has 1 aromatic heterocycles. The first-order chi connectivity index (χ1) is 14.0. The highest BCUT2D eigenvalue weighted by Gasteiger charge is 2.34. The second-order valence-corrected chi connectivity index (χ2v) is 6.90. The normalized spacial score (nSPS) is 13.0. The number of carbonyl (C=O) groups is 3. The molecule has 2 heterocycles. The summed E-state index contributed by atoms with van der Waals surface area (Å²) in [4.78, 5) is 38.5. The molecule has 0 spiro atoms. The number of benzene rings is 2. The van der Waals surface area contributed by atoms with E-state index in [1.165, 1.54) is 0 Å². The Morgan fingerprint density at radius 2 is 1.48 bits per heavy atom. The fraction of sp³-hybridized carbons (Fsp3) is 0.174. The predicted molar refractivity (Wildman–Crippen MR) is 107 cm³/mol. The quantitative estimate of drug-likeness (QED) is 0.495. The molecule has 0 atom stereocenters. The number of rotatable bonds is 5. The standard InChI is InChI=1S/C23H20N2O4/c1-15-14-20(16(2)25(15)17-8-4-3-5-9-17)23(28)29-13-12-24-21(26)18-10-6-7-11-19(18)22(24)27/h3-11,14H,12-13H2,1-2H3. The van der Waals surface area contributed by atoms with Crippen molar-refractivity contribution < 1.29 is 19.1 Å². The summed E-state index contributed by atoms with van der Waals surface area (Å²) in [5, 5.41) is 0. The van der Waals surface area contributed by atoms with Crippen LogP contribution in [-0.4, -0.2) is 40.4 Å². The first kappa shape index (κ1) is 18.7. The highest BCUT2D eigenvalue weighted by atomic mass is 16.5. The van der Waals surface area contributed by atoms with Crippen molar-refractivity contribution in [1.82, 2.24) is 9.47 Å². The number of amides is 2. The molecule has 0 N–H and O–H groups in total. The van der Waals surface area contributed by atoms with E-state index in [1.807, 2.05) is 48.7 Å². The van der Waals surface area contributed by atoms with Gasteiger partial charge in [-0.25, -0.2) is 4.79 Å². The number of ether oxygens (including phenoxy) is 1. The van der Waals surface area contributed by atoms with E-state index in [4.69, 9.17) is 4.74 Å². The van der Waals surface area contributed by atoms with Crippen molar-refractivity contribution in [3.63, 3.8) is 0 Å². The Morgan fingerprint density at radius 1 is 0.897 bits per heavy atom. The monoisotopic (exact) mass is 388 g/mol. The Hall–Kier alpha value is -3.67. The number of aryl methyl sites for hydroxylation is 1. The molecule has 29 heavy (non-hydrogen) atoms. The lowest BCUT2D eigenvalue weighted by molar-refractivity contribution is 0.0420. The van der Waals surface area contributed by atoms with Crippen LogP contribution < -0.4 is 0 Å². The molecule has 1 aliphatic heterocycles. The summed E-state index contributed by atoms with van der Waals surface area (Å²) >= 11 is 0. The Morgan fingerprint density at radius 3 is 2.10 bits per heavy atom. The fourth-order valence-corrected chi connectivity index (χ4v) is 3.69. The molecule has 6 heteroatoms. The number of para-hydroxylation sites is 1. The lowest BCUT2D eigenvalue weighted by Crippen LogP contribution is -2.33. The lowest BCUT2D eigenvalue weighted by atomic mass is 10.1. The van der Waals surface area contributed by atoms with E-state index in [1.54, 1.807) is 30.3 Å². The number of esters is 1. The van der Waals surface area contributed by atoms with E-state index < -0.39 is 5.97 Å². The summed E-state index contributed by atoms with van der Waals surface area (Å²) in [5.74, 6) is -1.19. The molecule has 3 aromatic rings. The largest absolute Gasteiger partial charge is 0.460 e. The van der Waals surface area contributed by atoms with Crippen molar-refractivity contribution in [3.05, 3.63) is 88.7 Å². The number of hydrogen-bond donors (Lipinski definition) is 0. The highest BCUT2D eigenvalue weighted by Crippen LogP contribution is 2.23. The van der Waals surface area contributed by atoms with Crippen molar-refractivity contribution in [3.8, 4) is 5.69 Å². The van der Waals surface area contributed by atoms with Crippen LogP contribution in [0.25, 0.3) is 5.69 Å². The van der Waals surface area contributed by atoms with Gasteiger partial charge >= 0.3 is 5.97 Å². The van der Waals surface area contributed by atoms with Gasteiger partial charge in [0.15, 0.2) is 0 Å². The minimum absolute atomic E-state index is 0.0233. The van der Waals surface area contributed by atoms with Crippen LogP contribution >= 0.6 is 0 Å². The molecule has 0 radical (unpaired) electrons. The summed E-state index contributed by atoms with van der Waals surface area (Å²) < 4.78 is 7.36. The Balaban J connectivity index is 1.44. The lowest BCUT2D eigenvalue weighted by Gasteiger charge is -2.14. The zero-order valence-corrected chi connectivity index (χ0v) is 16.2. The minimum atomic E-state index is -0.475. The molecule has 1 aliphatic rings. The van der Waals surface area contributed by atoms with E-state index in [2.05, 4.69) is 0 Å². The SMILES string of the molecule is Cc1cc(C(=O)OCCN2C(=O)c3ccccc3C2=O)c(C)n1-c1ccccc1. The predicted octanol–water partition coefficient (Wildman–Crippen LogP) is 3.55. The number of imide groups is 1. The summed E-state index contributed by atoms with van der Waals surface area (Å²) in [6, 6.07) is 18.2. The average Bonchev–Trinajstić information content (AvgIpc) is 3.16. The number of carbonyl (C=O) groups excluding carboxylic acids is 3. The van der Waals surface area contributed by atoms with Crippen molar-refractivity contribution in [1.29, 1.82) is 0 Å². The zero-order valence-electron chi connectivity index (χ0n) is 16.2. The van der Waals surface area contributed by atoms with Crippen LogP contribution in [0.1, 0.15) is 42.5 Å². The third kappa shape index (κ3) is 3.23. The topological polar surface area (TPSA) is 68.6 Å². The van der Waals surface area contributed by atoms with E-state index in [9.17, 15) is 14.4 Å². The van der Waals surface area contributed by atoms with E-state index in [0.717, 1.165) is 22.0 Å². The van der Waals surface area contributed by atoms with Crippen molar-refractivity contribution in [2.75, 3.05) is 13.2 Å². The first-order valence-corrected chi connectivity index (χ1v) is 9.35. The van der Waals surface area contributed by atoms with Gasteiger partial charge in [-0.1, -0.05) is 30.3 Å². The van der Waals surface area contributed by atoms with Gasteiger partial charge in [-0.2, -0.15) is 0 Å². The Kier molecular flexibility index (Phi) is 4.76. The number of fused-ring (bicyclic) bond motifs is 1. The van der Waals surface area contributed by atoms with Crippen LogP contribution in [-0.2, 0) is 4.74 Å². The Bertz CT molecular complexity index is 1080. The first-order valence-electron chi connectivity index (χ1n) is 9.35. The summed E-state index contributed by atoms with van der Waals surface area (Å²) in [5.41, 5.74) is 3.90. The van der Waals surface area contributed by atoms with E-state index in [0.29, 0.717) is 16.7 Å². The van der Waals surface area contributed by atoms with Gasteiger partial charge in [0, 0.05) is 17.1 Å². The summed E-state index contributed by atoms with van der Waals surface area (Å²) in [6.45, 7) is 3.76. The third-order valence-corrected chi connectivity index (χ3v) is 5.09. The second-order valence-electron chi connectivity index (χ2n) is 6.90. The van der Waals surface area contributed by atoms with Crippen LogP contribution in [0.2, 0.25) is 0 Å². The van der Waals surface area contributed by atoms with Gasteiger partial charge < -0.3 is 9.30 Å². The molecule has 0 fully saturated rings. The van der Waals surface area contributed by atoms with Gasteiger partial charge in [-0.3, -0.25) is 14.5 Å². The molecule has 146 valence electrons. The van der Waals surface area contributed by atoms with E-state index in [-0.39, 0.29) is 25.0 Å². The number of hydrogen-bond acceptors (Lipinski definition) is 4. The molecule has 0 saturated heterocycles. The zero-order chi connectivity index (χ0) is 20.5. The van der Waals surface area contributed by atoms with Crippen LogP contribution in [0.4, 0.5) is 0 Å². The molecule has 2 aromatic carbocycles. The summed E-state index contributed by atoms with van der Waals surface area (Å²) in [7, 11) is 0. The number of aromatic nitrogens is 1. The Labute approximate surface area is 168 Å². The molecule has 6 nitrogen and oxygen atoms in total. The molecular weight excluding hydrogens is 368 g/mol. The molecule has 0 bridgehead atoms. The van der Waals surface area contributed by atoms with Gasteiger partial charge in [0.1, 0.15) is 6.61 Å². The maximum absolute atomic E-state index is 12.6. The van der Waals surface area contributed by atoms with E-state index >= 15 is 0 Å². The van der Waals surface area contributed by atoms with Crippen molar-refractivity contribution in [2.45, 2.75) is 13.8 Å². The van der Waals surface area contributed by atoms with Gasteiger partial charge in [-0.15, -0.1) is 0 Å². The molecule has 2 amide bonds. The smallest absolute Gasteiger partial charge is 0.340 e. The number of nitrogens with zero attached hydrogens (tertiary/aromatic N) is 2. The van der Waals surface area contributed by atoms with Crippen LogP contribution in [0.3, 0.4) is 0 Å². The van der Waals surface area contributed by atoms with Gasteiger partial charge in [0.25, 0.3) is 11.8 Å². The molecule has 4 rings (SSSR count). The van der Waals surface area contributed by atoms with Crippen LogP contribution in [0, 0.1) is 13.8 Å². The average molecular weight is 388 g/mol. The van der Waals surface area contributed by atoms with Crippen LogP contribution in [0.5, 0.6) is 0 Å². The molecule has 0 saturated carbocycles. The van der Waals surface area contributed by atoms with Gasteiger partial charge in [-0.05, 0) is 44.2 Å². The molecule has 0 unspecified atom stereocenters. The molecular formula is C23H20N2O4. The van der Waals surface area contributed by atoms with Crippen LogP contribution in [0.15, 0.2) is 60.7 Å². The second kappa shape index (κ2) is 7.39. The third-order valence-electron chi connectivity index (χ3n) is 5.09. The maximum atomic E-state index is 12.6.